The van der Waals surface area contributed by atoms with Crippen LogP contribution in [-0.4, -0.2) is 12.1 Å². The highest BCUT2D eigenvalue weighted by Crippen LogP contribution is 2.10. The molecule has 0 spiro atoms. The van der Waals surface area contributed by atoms with Crippen LogP contribution in [0, 0.1) is 0 Å². The molecule has 1 nitrogen and oxygen atoms in total. The van der Waals surface area contributed by atoms with Crippen molar-refractivity contribution in [1.82, 2.24) is 5.32 Å². The number of hydrogen-bond acceptors (Lipinski definition) is 1. The van der Waals surface area contributed by atoms with Gasteiger partial charge in [0.2, 0.25) is 0 Å². The fraction of sp³-hybridized carbons (Fsp3) is 1.00. The summed E-state index contributed by atoms with van der Waals surface area (Å²) in [5, 5.41) is 3.48. The second kappa shape index (κ2) is 2.49. The van der Waals surface area contributed by atoms with E-state index in [1.807, 2.05) is 0 Å². The highest BCUT2D eigenvalue weighted by Gasteiger charge is 2.11. The lowest BCUT2D eigenvalue weighted by Gasteiger charge is -2.25. The smallest absolute Gasteiger partial charge is 0.00412 e. The van der Waals surface area contributed by atoms with Gasteiger partial charge in [-0.25, -0.2) is 0 Å². The van der Waals surface area contributed by atoms with Gasteiger partial charge in [0.05, 0.1) is 0 Å². The Morgan fingerprint density at radius 3 is 1.88 bits per heavy atom. The Labute approximate surface area is 51.5 Å². The Kier molecular flexibility index (Phi) is 1.90. The van der Waals surface area contributed by atoms with Gasteiger partial charge in [-0.3, -0.25) is 0 Å². The first kappa shape index (κ1) is 6.09. The molecule has 0 saturated carbocycles. The van der Waals surface area contributed by atoms with Crippen LogP contribution in [0.3, 0.4) is 0 Å². The number of nitrogens with one attached hydrogen (secondary N) is 1. The van der Waals surface area contributed by atoms with Crippen LogP contribution in [0.2, 0.25) is 0 Å². The standard InChI is InChI=1S/C7H15N/c1-6-4-3-5-7(2)8-6/h6-8H,3-5H2,1-2H3/t6-,7-/m0/s1. The van der Waals surface area contributed by atoms with Crippen molar-refractivity contribution in [2.75, 3.05) is 0 Å². The van der Waals surface area contributed by atoms with Crippen molar-refractivity contribution < 1.29 is 0 Å². The summed E-state index contributed by atoms with van der Waals surface area (Å²) >= 11 is 0. The predicted molar refractivity (Wildman–Crippen MR) is 35.9 cm³/mol. The quantitative estimate of drug-likeness (QED) is 0.502. The summed E-state index contributed by atoms with van der Waals surface area (Å²) in [5.74, 6) is 0. The molecule has 1 rings (SSSR count). The molecule has 0 radical (unpaired) electrons. The van der Waals surface area contributed by atoms with E-state index in [0.29, 0.717) is 0 Å². The molecule has 48 valence electrons. The van der Waals surface area contributed by atoms with E-state index in [2.05, 4.69) is 19.2 Å². The molecule has 0 bridgehead atoms. The SMILES string of the molecule is C[C@H]1CCC[C@H](C)N1. The molecule has 2 atom stereocenters. The molecule has 8 heavy (non-hydrogen) atoms. The van der Waals surface area contributed by atoms with Gasteiger partial charge in [0.1, 0.15) is 0 Å². The van der Waals surface area contributed by atoms with E-state index >= 15 is 0 Å². The molecule has 1 N–H and O–H groups in total. The second-order valence-corrected chi connectivity index (χ2v) is 2.90. The van der Waals surface area contributed by atoms with Crippen molar-refractivity contribution in [3.05, 3.63) is 0 Å². The van der Waals surface area contributed by atoms with Crippen molar-refractivity contribution in [2.24, 2.45) is 0 Å². The zero-order valence-corrected chi connectivity index (χ0v) is 5.78. The molecule has 0 aromatic heterocycles. The molecule has 0 aromatic rings. The van der Waals surface area contributed by atoms with Gasteiger partial charge in [-0.05, 0) is 26.7 Å². The first-order valence-electron chi connectivity index (χ1n) is 3.55. The highest BCUT2D eigenvalue weighted by atomic mass is 14.9. The van der Waals surface area contributed by atoms with E-state index in [1.165, 1.54) is 19.3 Å². The van der Waals surface area contributed by atoms with E-state index in [4.69, 9.17) is 0 Å². The number of piperidine rings is 1. The predicted octanol–water partition coefficient (Wildman–Crippen LogP) is 1.54. The topological polar surface area (TPSA) is 12.0 Å². The summed E-state index contributed by atoms with van der Waals surface area (Å²) < 4.78 is 0. The molecule has 1 heterocycles. The van der Waals surface area contributed by atoms with E-state index in [1.54, 1.807) is 0 Å². The molecule has 1 fully saturated rings. The lowest BCUT2D eigenvalue weighted by molar-refractivity contribution is 0.352. The third-order valence-corrected chi connectivity index (χ3v) is 1.84. The van der Waals surface area contributed by atoms with Crippen molar-refractivity contribution in [1.29, 1.82) is 0 Å². The summed E-state index contributed by atoms with van der Waals surface area (Å²) in [5.41, 5.74) is 0. The maximum atomic E-state index is 3.48. The molecule has 0 unspecified atom stereocenters. The number of hydrogen-bond donors (Lipinski definition) is 1. The van der Waals surface area contributed by atoms with Crippen LogP contribution in [0.1, 0.15) is 33.1 Å². The zero-order valence-electron chi connectivity index (χ0n) is 5.78. The number of rotatable bonds is 0. The summed E-state index contributed by atoms with van der Waals surface area (Å²) in [4.78, 5) is 0. The van der Waals surface area contributed by atoms with Gasteiger partial charge in [0, 0.05) is 12.1 Å². The van der Waals surface area contributed by atoms with Gasteiger partial charge in [0.25, 0.3) is 0 Å². The third kappa shape index (κ3) is 1.48. The fourth-order valence-electron chi connectivity index (χ4n) is 1.38. The van der Waals surface area contributed by atoms with Gasteiger partial charge >= 0.3 is 0 Å². The van der Waals surface area contributed by atoms with Gasteiger partial charge in [-0.15, -0.1) is 0 Å². The first-order valence-corrected chi connectivity index (χ1v) is 3.55. The average molecular weight is 113 g/mol. The van der Waals surface area contributed by atoms with Gasteiger partial charge in [0.15, 0.2) is 0 Å². The summed E-state index contributed by atoms with van der Waals surface area (Å²) in [7, 11) is 0. The average Bonchev–Trinajstić information content (AvgIpc) is 1.64. The Morgan fingerprint density at radius 1 is 1.12 bits per heavy atom. The summed E-state index contributed by atoms with van der Waals surface area (Å²) in [6.07, 6.45) is 4.14. The molecule has 0 aliphatic carbocycles. The van der Waals surface area contributed by atoms with Crippen molar-refractivity contribution in [2.45, 2.75) is 45.2 Å². The molecule has 1 heteroatoms. The minimum Gasteiger partial charge on any atom is -0.312 e. The summed E-state index contributed by atoms with van der Waals surface area (Å²) in [6, 6.07) is 1.53. The molecule has 0 amide bonds. The maximum absolute atomic E-state index is 3.48. The van der Waals surface area contributed by atoms with Crippen LogP contribution >= 0.6 is 0 Å². The van der Waals surface area contributed by atoms with Crippen molar-refractivity contribution in [3.8, 4) is 0 Å². The zero-order chi connectivity index (χ0) is 5.98. The van der Waals surface area contributed by atoms with E-state index < -0.39 is 0 Å². The molecule has 1 aliphatic heterocycles. The monoisotopic (exact) mass is 113 g/mol. The van der Waals surface area contributed by atoms with Gasteiger partial charge in [-0.1, -0.05) is 6.42 Å². The fourth-order valence-corrected chi connectivity index (χ4v) is 1.38. The molecular formula is C7H15N. The van der Waals surface area contributed by atoms with Crippen LogP contribution in [-0.2, 0) is 0 Å². The maximum Gasteiger partial charge on any atom is 0.00412 e. The molecule has 0 aromatic carbocycles. The van der Waals surface area contributed by atoms with E-state index in [-0.39, 0.29) is 0 Å². The second-order valence-electron chi connectivity index (χ2n) is 2.90. The van der Waals surface area contributed by atoms with E-state index in [0.717, 1.165) is 12.1 Å². The summed E-state index contributed by atoms with van der Waals surface area (Å²) in [6.45, 7) is 4.52. The van der Waals surface area contributed by atoms with E-state index in [9.17, 15) is 0 Å². The van der Waals surface area contributed by atoms with Crippen molar-refractivity contribution >= 4 is 0 Å². The first-order chi connectivity index (χ1) is 3.79. The van der Waals surface area contributed by atoms with Crippen molar-refractivity contribution in [3.63, 3.8) is 0 Å². The van der Waals surface area contributed by atoms with Crippen LogP contribution < -0.4 is 5.32 Å². The van der Waals surface area contributed by atoms with Crippen LogP contribution in [0.5, 0.6) is 0 Å². The Morgan fingerprint density at radius 2 is 1.62 bits per heavy atom. The van der Waals surface area contributed by atoms with Gasteiger partial charge < -0.3 is 5.32 Å². The third-order valence-electron chi connectivity index (χ3n) is 1.84. The Balaban J connectivity index is 2.23. The lowest BCUT2D eigenvalue weighted by Crippen LogP contribution is -2.38. The van der Waals surface area contributed by atoms with Crippen LogP contribution in [0.25, 0.3) is 0 Å². The molecular weight excluding hydrogens is 98.1 g/mol. The Hall–Kier alpha value is -0.0400. The highest BCUT2D eigenvalue weighted by molar-refractivity contribution is 4.73. The van der Waals surface area contributed by atoms with Crippen LogP contribution in [0.15, 0.2) is 0 Å². The van der Waals surface area contributed by atoms with Gasteiger partial charge in [-0.2, -0.15) is 0 Å². The molecule has 1 aliphatic rings. The minimum absolute atomic E-state index is 0.763. The minimum atomic E-state index is 0.763. The molecule has 1 saturated heterocycles. The lowest BCUT2D eigenvalue weighted by atomic mass is 10.0. The van der Waals surface area contributed by atoms with Crippen LogP contribution in [0.4, 0.5) is 0 Å². The largest absolute Gasteiger partial charge is 0.312 e. The Bertz CT molecular complexity index is 62.8. The normalized spacial score (nSPS) is 39.8.